The highest BCUT2D eigenvalue weighted by Crippen LogP contribution is 2.38. The van der Waals surface area contributed by atoms with Crippen LogP contribution in [0.4, 0.5) is 5.88 Å². The summed E-state index contributed by atoms with van der Waals surface area (Å²) in [5, 5.41) is 2.91. The van der Waals surface area contributed by atoms with Crippen molar-refractivity contribution < 1.29 is 27.0 Å². The molecule has 0 unspecified atom stereocenters. The molecule has 10 heteroatoms. The smallest absolute Gasteiger partial charge is 0.233 e. The molecule has 1 N–H and O–H groups in total. The van der Waals surface area contributed by atoms with Crippen LogP contribution >= 0.6 is 0 Å². The Morgan fingerprint density at radius 2 is 1.85 bits per heavy atom. The zero-order chi connectivity index (χ0) is 23.4. The molecular weight excluding hydrogens is 446 g/mol. The van der Waals surface area contributed by atoms with Crippen molar-refractivity contribution in [1.82, 2.24) is 9.88 Å². The van der Waals surface area contributed by atoms with Gasteiger partial charge in [0.15, 0.2) is 11.5 Å². The molecule has 0 radical (unpaired) electrons. The summed E-state index contributed by atoms with van der Waals surface area (Å²) in [6.07, 6.45) is 0.793. The highest BCUT2D eigenvalue weighted by Gasteiger charge is 2.30. The summed E-state index contributed by atoms with van der Waals surface area (Å²) < 4.78 is 49.6. The van der Waals surface area contributed by atoms with Gasteiger partial charge < -0.3 is 28.8 Å². The maximum absolute atomic E-state index is 13.6. The molecule has 176 valence electrons. The Kier molecular flexibility index (Phi) is 6.75. The first-order valence-corrected chi connectivity index (χ1v) is 12.1. The zero-order valence-electron chi connectivity index (χ0n) is 18.8. The van der Waals surface area contributed by atoms with Gasteiger partial charge in [0.2, 0.25) is 26.6 Å². The first-order chi connectivity index (χ1) is 15.9. The first kappa shape index (κ1) is 22.9. The lowest BCUT2D eigenvalue weighted by molar-refractivity contribution is 0.171. The van der Waals surface area contributed by atoms with Crippen LogP contribution in [-0.2, 0) is 9.84 Å². The summed E-state index contributed by atoms with van der Waals surface area (Å²) in [7, 11) is 1.48. The predicted octanol–water partition coefficient (Wildman–Crippen LogP) is 3.32. The molecule has 9 nitrogen and oxygen atoms in total. The number of anilines is 1. The minimum Gasteiger partial charge on any atom is -0.496 e. The number of methoxy groups -OCH3 is 1. The minimum atomic E-state index is -4.02. The van der Waals surface area contributed by atoms with Crippen LogP contribution in [0.2, 0.25) is 0 Å². The molecule has 2 heterocycles. The third kappa shape index (κ3) is 4.91. The van der Waals surface area contributed by atoms with Gasteiger partial charge in [-0.05, 0) is 51.3 Å². The van der Waals surface area contributed by atoms with Crippen molar-refractivity contribution in [1.29, 1.82) is 0 Å². The average Bonchev–Trinajstić information content (AvgIpc) is 3.26. The van der Waals surface area contributed by atoms with Crippen LogP contribution in [0.1, 0.15) is 6.42 Å². The summed E-state index contributed by atoms with van der Waals surface area (Å²) in [5.74, 6) is 1.66. The molecular formula is C23H27N3O6S. The molecule has 0 bridgehead atoms. The number of oxazole rings is 1. The number of nitrogens with one attached hydrogen (secondary N) is 1. The number of rotatable bonds is 9. The van der Waals surface area contributed by atoms with Crippen molar-refractivity contribution in [3.63, 3.8) is 0 Å². The monoisotopic (exact) mass is 473 g/mol. The Hall–Kier alpha value is -3.24. The number of aromatic nitrogens is 1. The maximum Gasteiger partial charge on any atom is 0.233 e. The van der Waals surface area contributed by atoms with Gasteiger partial charge in [0.05, 0.1) is 17.6 Å². The number of sulfone groups is 1. The highest BCUT2D eigenvalue weighted by molar-refractivity contribution is 7.91. The minimum absolute atomic E-state index is 0.0444. The van der Waals surface area contributed by atoms with Gasteiger partial charge in [0.25, 0.3) is 0 Å². The SMILES string of the molecule is COc1ccccc1-c1nc(S(=O)(=O)c2ccc3c(c2)OCCO3)c(NCCCN(C)C)o1. The first-order valence-electron chi connectivity index (χ1n) is 10.6. The lowest BCUT2D eigenvalue weighted by atomic mass is 10.2. The molecule has 0 spiro atoms. The van der Waals surface area contributed by atoms with Gasteiger partial charge in [0.1, 0.15) is 19.0 Å². The van der Waals surface area contributed by atoms with Crippen LogP contribution in [0.5, 0.6) is 17.2 Å². The van der Waals surface area contributed by atoms with Crippen molar-refractivity contribution in [2.45, 2.75) is 16.3 Å². The molecule has 1 aromatic heterocycles. The van der Waals surface area contributed by atoms with Crippen LogP contribution in [0.25, 0.3) is 11.5 Å². The van der Waals surface area contributed by atoms with E-state index in [2.05, 4.69) is 15.2 Å². The largest absolute Gasteiger partial charge is 0.496 e. The van der Waals surface area contributed by atoms with E-state index in [4.69, 9.17) is 18.6 Å². The number of para-hydroxylation sites is 1. The Balaban J connectivity index is 1.74. The van der Waals surface area contributed by atoms with E-state index >= 15 is 0 Å². The van der Waals surface area contributed by atoms with Crippen LogP contribution in [0, 0.1) is 0 Å². The number of benzene rings is 2. The zero-order valence-corrected chi connectivity index (χ0v) is 19.6. The maximum atomic E-state index is 13.6. The Bertz CT molecular complexity index is 1220. The molecule has 0 amide bonds. The molecule has 0 fully saturated rings. The Morgan fingerprint density at radius 1 is 1.09 bits per heavy atom. The van der Waals surface area contributed by atoms with Gasteiger partial charge in [-0.3, -0.25) is 0 Å². The second-order valence-corrected chi connectivity index (χ2v) is 9.61. The van der Waals surface area contributed by atoms with Crippen molar-refractivity contribution in [2.75, 3.05) is 52.8 Å². The van der Waals surface area contributed by atoms with E-state index in [1.807, 2.05) is 20.2 Å². The number of ether oxygens (including phenoxy) is 3. The van der Waals surface area contributed by atoms with E-state index in [0.717, 1.165) is 13.0 Å². The highest BCUT2D eigenvalue weighted by atomic mass is 32.2. The van der Waals surface area contributed by atoms with Crippen LogP contribution in [-0.4, -0.2) is 65.8 Å². The van der Waals surface area contributed by atoms with Crippen LogP contribution in [0.15, 0.2) is 56.8 Å². The summed E-state index contributed by atoms with van der Waals surface area (Å²) in [6, 6.07) is 11.7. The second-order valence-electron chi connectivity index (χ2n) is 7.75. The molecule has 3 aromatic rings. The number of hydrogen-bond acceptors (Lipinski definition) is 9. The number of fused-ring (bicyclic) bond motifs is 1. The molecule has 1 aliphatic rings. The van der Waals surface area contributed by atoms with E-state index in [1.165, 1.54) is 19.2 Å². The molecule has 0 aliphatic carbocycles. The number of hydrogen-bond donors (Lipinski definition) is 1. The molecule has 4 rings (SSSR count). The van der Waals surface area contributed by atoms with Gasteiger partial charge >= 0.3 is 0 Å². The van der Waals surface area contributed by atoms with Crippen LogP contribution < -0.4 is 19.5 Å². The van der Waals surface area contributed by atoms with Gasteiger partial charge in [-0.2, -0.15) is 4.98 Å². The quantitative estimate of drug-likeness (QED) is 0.469. The molecule has 0 saturated heterocycles. The Morgan fingerprint density at radius 3 is 2.61 bits per heavy atom. The molecule has 1 aliphatic heterocycles. The fourth-order valence-corrected chi connectivity index (χ4v) is 4.73. The van der Waals surface area contributed by atoms with Crippen molar-refractivity contribution in [3.05, 3.63) is 42.5 Å². The van der Waals surface area contributed by atoms with Gasteiger partial charge in [-0.15, -0.1) is 0 Å². The molecule has 33 heavy (non-hydrogen) atoms. The van der Waals surface area contributed by atoms with E-state index in [-0.39, 0.29) is 21.7 Å². The van der Waals surface area contributed by atoms with Crippen molar-refractivity contribution in [3.8, 4) is 28.7 Å². The molecule has 2 aromatic carbocycles. The number of nitrogens with zero attached hydrogens (tertiary/aromatic N) is 2. The van der Waals surface area contributed by atoms with E-state index in [9.17, 15) is 8.42 Å². The fraction of sp³-hybridized carbons (Fsp3) is 0.348. The standard InChI is InChI=1S/C23H27N3O6S/c1-26(2)12-6-11-24-22-23(25-21(32-22)17-7-4-5-8-18(17)29-3)33(27,28)16-9-10-19-20(15-16)31-14-13-30-19/h4-5,7-10,15,24H,6,11-14H2,1-3H3. The summed E-state index contributed by atoms with van der Waals surface area (Å²) in [5.41, 5.74) is 0.556. The Labute approximate surface area is 193 Å². The predicted molar refractivity (Wildman–Crippen MR) is 123 cm³/mol. The summed E-state index contributed by atoms with van der Waals surface area (Å²) in [6.45, 7) is 2.13. The van der Waals surface area contributed by atoms with E-state index in [0.29, 0.717) is 42.6 Å². The molecule has 0 atom stereocenters. The normalized spacial score (nSPS) is 13.2. The van der Waals surface area contributed by atoms with Gasteiger partial charge in [-0.25, -0.2) is 8.42 Å². The van der Waals surface area contributed by atoms with Gasteiger partial charge in [-0.1, -0.05) is 12.1 Å². The molecule has 0 saturated carbocycles. The van der Waals surface area contributed by atoms with E-state index in [1.54, 1.807) is 24.3 Å². The topological polar surface area (TPSA) is 103 Å². The lowest BCUT2D eigenvalue weighted by Crippen LogP contribution is -2.17. The summed E-state index contributed by atoms with van der Waals surface area (Å²) >= 11 is 0. The van der Waals surface area contributed by atoms with Crippen LogP contribution in [0.3, 0.4) is 0 Å². The van der Waals surface area contributed by atoms with Crippen molar-refractivity contribution >= 4 is 15.7 Å². The summed E-state index contributed by atoms with van der Waals surface area (Å²) in [4.78, 5) is 6.48. The third-order valence-corrected chi connectivity index (χ3v) is 6.74. The van der Waals surface area contributed by atoms with E-state index < -0.39 is 9.84 Å². The average molecular weight is 474 g/mol. The second kappa shape index (κ2) is 9.72. The third-order valence-electron chi connectivity index (χ3n) is 5.08. The van der Waals surface area contributed by atoms with Crippen molar-refractivity contribution in [2.24, 2.45) is 0 Å². The van der Waals surface area contributed by atoms with Gasteiger partial charge in [0, 0.05) is 12.6 Å². The lowest BCUT2D eigenvalue weighted by Gasteiger charge is -2.18. The fourth-order valence-electron chi connectivity index (χ4n) is 3.44.